The van der Waals surface area contributed by atoms with Gasteiger partial charge in [0.1, 0.15) is 0 Å². The zero-order valence-electron chi connectivity index (χ0n) is 7.16. The number of imidazole rings is 1. The van der Waals surface area contributed by atoms with Gasteiger partial charge in [0.25, 0.3) is 0 Å². The molecule has 1 aromatic rings. The van der Waals surface area contributed by atoms with Crippen molar-refractivity contribution >= 4 is 0 Å². The van der Waals surface area contributed by atoms with E-state index in [9.17, 15) is 4.79 Å². The molecule has 1 aromatic heterocycles. The number of rotatable bonds is 3. The van der Waals surface area contributed by atoms with Crippen LogP contribution in [0, 0.1) is 12.3 Å². The van der Waals surface area contributed by atoms with E-state index in [1.807, 2.05) is 6.92 Å². The highest BCUT2D eigenvalue weighted by Gasteiger charge is 1.99. The molecule has 1 rings (SSSR count). The van der Waals surface area contributed by atoms with E-state index in [0.717, 1.165) is 13.0 Å². The third kappa shape index (κ3) is 1.59. The largest absolute Gasteiger partial charge is 0.328 e. The van der Waals surface area contributed by atoms with Crippen molar-refractivity contribution in [1.29, 1.82) is 0 Å². The Hall–Kier alpha value is -1.43. The van der Waals surface area contributed by atoms with Crippen molar-refractivity contribution in [1.82, 2.24) is 9.13 Å². The van der Waals surface area contributed by atoms with Gasteiger partial charge >= 0.3 is 5.69 Å². The lowest BCUT2D eigenvalue weighted by molar-refractivity contribution is 0.629. The van der Waals surface area contributed by atoms with E-state index in [-0.39, 0.29) is 5.69 Å². The minimum Gasteiger partial charge on any atom is -0.299 e. The van der Waals surface area contributed by atoms with E-state index in [0.29, 0.717) is 6.54 Å². The van der Waals surface area contributed by atoms with Gasteiger partial charge in [0.15, 0.2) is 0 Å². The zero-order chi connectivity index (χ0) is 8.97. The van der Waals surface area contributed by atoms with Crippen LogP contribution < -0.4 is 5.69 Å². The first-order chi connectivity index (χ1) is 5.79. The summed E-state index contributed by atoms with van der Waals surface area (Å²) in [7, 11) is 0. The second-order valence-corrected chi connectivity index (χ2v) is 2.61. The van der Waals surface area contributed by atoms with Crippen LogP contribution >= 0.6 is 0 Å². The molecule has 0 amide bonds. The average molecular weight is 164 g/mol. The van der Waals surface area contributed by atoms with Gasteiger partial charge in [-0.15, -0.1) is 6.42 Å². The second-order valence-electron chi connectivity index (χ2n) is 2.61. The summed E-state index contributed by atoms with van der Waals surface area (Å²) in [4.78, 5) is 11.4. The van der Waals surface area contributed by atoms with Crippen molar-refractivity contribution in [3.63, 3.8) is 0 Å². The summed E-state index contributed by atoms with van der Waals surface area (Å²) in [5.41, 5.74) is -0.0187. The van der Waals surface area contributed by atoms with Gasteiger partial charge in [-0.2, -0.15) is 0 Å². The summed E-state index contributed by atoms with van der Waals surface area (Å²) < 4.78 is 3.19. The van der Waals surface area contributed by atoms with Crippen molar-refractivity contribution in [2.75, 3.05) is 0 Å². The Morgan fingerprint density at radius 3 is 2.75 bits per heavy atom. The summed E-state index contributed by atoms with van der Waals surface area (Å²) in [6.45, 7) is 3.15. The van der Waals surface area contributed by atoms with E-state index in [1.165, 1.54) is 4.57 Å². The number of terminal acetylenes is 1. The second kappa shape index (κ2) is 3.82. The lowest BCUT2D eigenvalue weighted by Gasteiger charge is -1.95. The molecule has 0 fully saturated rings. The normalized spacial score (nSPS) is 9.67. The fourth-order valence-electron chi connectivity index (χ4n) is 1.08. The molecule has 0 spiro atoms. The highest BCUT2D eigenvalue weighted by Crippen LogP contribution is 1.87. The highest BCUT2D eigenvalue weighted by atomic mass is 16.1. The number of aryl methyl sites for hydroxylation is 1. The molecule has 0 N–H and O–H groups in total. The Bertz CT molecular complexity index is 340. The molecule has 3 heteroatoms. The predicted molar refractivity (Wildman–Crippen MR) is 47.8 cm³/mol. The van der Waals surface area contributed by atoms with Crippen molar-refractivity contribution in [3.8, 4) is 12.3 Å². The Labute approximate surface area is 71.6 Å². The van der Waals surface area contributed by atoms with Gasteiger partial charge in [-0.25, -0.2) is 4.79 Å². The van der Waals surface area contributed by atoms with Gasteiger partial charge in [0.05, 0.1) is 6.54 Å². The molecule has 0 aliphatic carbocycles. The van der Waals surface area contributed by atoms with Crippen molar-refractivity contribution < 1.29 is 0 Å². The summed E-state index contributed by atoms with van der Waals surface area (Å²) in [6.07, 6.45) is 9.54. The van der Waals surface area contributed by atoms with Gasteiger partial charge in [-0.1, -0.05) is 12.8 Å². The summed E-state index contributed by atoms with van der Waals surface area (Å²) in [6, 6.07) is 0. The van der Waals surface area contributed by atoms with E-state index in [2.05, 4.69) is 5.92 Å². The van der Waals surface area contributed by atoms with Gasteiger partial charge in [0.2, 0.25) is 0 Å². The average Bonchev–Trinajstić information content (AvgIpc) is 2.38. The van der Waals surface area contributed by atoms with E-state index in [1.54, 1.807) is 17.0 Å². The van der Waals surface area contributed by atoms with Crippen LogP contribution in [0.2, 0.25) is 0 Å². The molecule has 0 saturated carbocycles. The Morgan fingerprint density at radius 2 is 2.17 bits per heavy atom. The Kier molecular flexibility index (Phi) is 2.76. The first-order valence-electron chi connectivity index (χ1n) is 3.98. The van der Waals surface area contributed by atoms with Crippen LogP contribution in [0.1, 0.15) is 13.3 Å². The lowest BCUT2D eigenvalue weighted by atomic mass is 10.5. The molecule has 0 atom stereocenters. The fraction of sp³-hybridized carbons (Fsp3) is 0.444. The Balaban J connectivity index is 2.91. The summed E-state index contributed by atoms with van der Waals surface area (Å²) in [5.74, 6) is 2.43. The van der Waals surface area contributed by atoms with Crippen molar-refractivity contribution in [2.45, 2.75) is 26.4 Å². The molecule has 64 valence electrons. The zero-order valence-corrected chi connectivity index (χ0v) is 7.16. The van der Waals surface area contributed by atoms with Crippen LogP contribution in [0.3, 0.4) is 0 Å². The molecule has 0 aromatic carbocycles. The molecule has 0 radical (unpaired) electrons. The molecule has 0 aliphatic rings. The van der Waals surface area contributed by atoms with Crippen LogP contribution in [-0.4, -0.2) is 9.13 Å². The van der Waals surface area contributed by atoms with E-state index in [4.69, 9.17) is 6.42 Å². The number of hydrogen-bond acceptors (Lipinski definition) is 1. The minimum atomic E-state index is -0.0187. The van der Waals surface area contributed by atoms with Crippen LogP contribution in [0.25, 0.3) is 0 Å². The molecule has 12 heavy (non-hydrogen) atoms. The monoisotopic (exact) mass is 164 g/mol. The molecule has 3 nitrogen and oxygen atoms in total. The lowest BCUT2D eigenvalue weighted by Crippen LogP contribution is -2.23. The predicted octanol–water partition coefficient (Wildman–Crippen LogP) is 0.693. The molecular formula is C9H12N2O. The molecule has 0 aliphatic heterocycles. The SMILES string of the molecule is C#CCn1ccn(CCC)c1=O. The van der Waals surface area contributed by atoms with Gasteiger partial charge < -0.3 is 0 Å². The van der Waals surface area contributed by atoms with Crippen molar-refractivity contribution in [2.24, 2.45) is 0 Å². The quantitative estimate of drug-likeness (QED) is 0.604. The van der Waals surface area contributed by atoms with Gasteiger partial charge in [0, 0.05) is 18.9 Å². The van der Waals surface area contributed by atoms with Crippen LogP contribution in [0.5, 0.6) is 0 Å². The maximum atomic E-state index is 11.4. The molecule has 0 bridgehead atoms. The fourth-order valence-corrected chi connectivity index (χ4v) is 1.08. The maximum Gasteiger partial charge on any atom is 0.328 e. The molecule has 0 saturated heterocycles. The maximum absolute atomic E-state index is 11.4. The summed E-state index contributed by atoms with van der Waals surface area (Å²) in [5, 5.41) is 0. The van der Waals surface area contributed by atoms with Crippen LogP contribution in [0.15, 0.2) is 17.2 Å². The topological polar surface area (TPSA) is 26.9 Å². The van der Waals surface area contributed by atoms with Crippen LogP contribution in [0.4, 0.5) is 0 Å². The number of hydrogen-bond donors (Lipinski definition) is 0. The smallest absolute Gasteiger partial charge is 0.299 e. The number of nitrogens with zero attached hydrogens (tertiary/aromatic N) is 2. The Morgan fingerprint density at radius 1 is 1.50 bits per heavy atom. The van der Waals surface area contributed by atoms with E-state index < -0.39 is 0 Å². The van der Waals surface area contributed by atoms with Crippen molar-refractivity contribution in [3.05, 3.63) is 22.9 Å². The standard InChI is InChI=1S/C9H12N2O/c1-3-5-10-7-8-11(6-4-2)9(10)12/h1,7-8H,4-6H2,2H3. The number of aromatic nitrogens is 2. The van der Waals surface area contributed by atoms with Crippen LogP contribution in [-0.2, 0) is 13.1 Å². The summed E-state index contributed by atoms with van der Waals surface area (Å²) >= 11 is 0. The molecule has 1 heterocycles. The molecular weight excluding hydrogens is 152 g/mol. The minimum absolute atomic E-state index is 0.0187. The molecule has 0 unspecified atom stereocenters. The van der Waals surface area contributed by atoms with Gasteiger partial charge in [-0.05, 0) is 6.42 Å². The highest BCUT2D eigenvalue weighted by molar-refractivity contribution is 4.90. The first-order valence-corrected chi connectivity index (χ1v) is 3.98. The van der Waals surface area contributed by atoms with E-state index >= 15 is 0 Å². The van der Waals surface area contributed by atoms with Gasteiger partial charge in [-0.3, -0.25) is 9.13 Å². The third-order valence-corrected chi connectivity index (χ3v) is 1.64. The third-order valence-electron chi connectivity index (χ3n) is 1.64. The first kappa shape index (κ1) is 8.66.